The van der Waals surface area contributed by atoms with E-state index in [1.165, 1.54) is 23.0 Å². The highest BCUT2D eigenvalue weighted by Crippen LogP contribution is 2.23. The third-order valence-corrected chi connectivity index (χ3v) is 12.0. The first kappa shape index (κ1) is 15.7. The van der Waals surface area contributed by atoms with E-state index in [1.54, 1.807) is 15.8 Å². The first-order chi connectivity index (χ1) is 8.68. The van der Waals surface area contributed by atoms with Crippen LogP contribution in [0.15, 0.2) is 35.0 Å². The third-order valence-electron chi connectivity index (χ3n) is 3.72. The summed E-state index contributed by atoms with van der Waals surface area (Å²) in [6.45, 7) is 9.32. The largest absolute Gasteiger partial charge is 0.152 e. The van der Waals surface area contributed by atoms with Crippen molar-refractivity contribution in [1.29, 1.82) is 0 Å². The fourth-order valence-corrected chi connectivity index (χ4v) is 8.92. The van der Waals surface area contributed by atoms with E-state index < -0.39 is 8.07 Å². The Hall–Kier alpha value is -0.383. The standard InChI is InChI=1S/C11H20SSi.C4H4S/c1-5-13(6-2,7-3)11-9-8-10(4)12-11;1-2-4-5-3-1/h8-9H,5-7H2,1-4H3;1-4H. The van der Waals surface area contributed by atoms with Crippen molar-refractivity contribution >= 4 is 35.2 Å². The van der Waals surface area contributed by atoms with Gasteiger partial charge in [-0.25, -0.2) is 0 Å². The van der Waals surface area contributed by atoms with Gasteiger partial charge in [0.15, 0.2) is 0 Å². The number of hydrogen-bond donors (Lipinski definition) is 0. The lowest BCUT2D eigenvalue weighted by Crippen LogP contribution is -2.43. The molecule has 2 aromatic heterocycles. The van der Waals surface area contributed by atoms with E-state index >= 15 is 0 Å². The number of rotatable bonds is 4. The molecule has 0 radical (unpaired) electrons. The SMILES string of the molecule is CC[Si](CC)(CC)c1ccc(C)s1.c1ccsc1. The van der Waals surface area contributed by atoms with Crippen LogP contribution in [0.5, 0.6) is 0 Å². The van der Waals surface area contributed by atoms with Crippen LogP contribution < -0.4 is 4.50 Å². The second-order valence-electron chi connectivity index (χ2n) is 4.54. The minimum Gasteiger partial charge on any atom is -0.152 e. The van der Waals surface area contributed by atoms with Gasteiger partial charge < -0.3 is 0 Å². The van der Waals surface area contributed by atoms with Crippen molar-refractivity contribution in [1.82, 2.24) is 0 Å². The van der Waals surface area contributed by atoms with E-state index in [2.05, 4.69) is 39.8 Å². The van der Waals surface area contributed by atoms with Gasteiger partial charge in [-0.15, -0.1) is 0 Å². The molecule has 2 rings (SSSR count). The van der Waals surface area contributed by atoms with Crippen LogP contribution in [0, 0.1) is 6.92 Å². The summed E-state index contributed by atoms with van der Waals surface area (Å²) in [5.41, 5.74) is 0. The monoisotopic (exact) mass is 296 g/mol. The average molecular weight is 297 g/mol. The van der Waals surface area contributed by atoms with Crippen molar-refractivity contribution in [2.24, 2.45) is 0 Å². The normalized spacial score (nSPS) is 10.9. The molecule has 0 aliphatic rings. The van der Waals surface area contributed by atoms with E-state index in [-0.39, 0.29) is 0 Å². The van der Waals surface area contributed by atoms with Crippen LogP contribution in [0.3, 0.4) is 0 Å². The van der Waals surface area contributed by atoms with Crippen LogP contribution in [0.2, 0.25) is 18.1 Å². The van der Waals surface area contributed by atoms with Crippen LogP contribution in [0.25, 0.3) is 0 Å². The van der Waals surface area contributed by atoms with Crippen LogP contribution in [0.4, 0.5) is 0 Å². The summed E-state index contributed by atoms with van der Waals surface area (Å²) in [7, 11) is -1.05. The molecule has 0 bridgehead atoms. The van der Waals surface area contributed by atoms with Gasteiger partial charge in [-0.05, 0) is 28.3 Å². The molecule has 2 aromatic rings. The maximum Gasteiger partial charge on any atom is 0.0987 e. The van der Waals surface area contributed by atoms with Gasteiger partial charge in [0.2, 0.25) is 0 Å². The van der Waals surface area contributed by atoms with Crippen LogP contribution in [-0.4, -0.2) is 8.07 Å². The smallest absolute Gasteiger partial charge is 0.0987 e. The van der Waals surface area contributed by atoms with Crippen LogP contribution in [-0.2, 0) is 0 Å². The molecule has 3 heteroatoms. The Labute approximate surface area is 121 Å². The van der Waals surface area contributed by atoms with Crippen molar-refractivity contribution in [2.45, 2.75) is 45.8 Å². The van der Waals surface area contributed by atoms with Gasteiger partial charge >= 0.3 is 0 Å². The van der Waals surface area contributed by atoms with Crippen molar-refractivity contribution in [2.75, 3.05) is 0 Å². The molecule has 2 heterocycles. The van der Waals surface area contributed by atoms with Gasteiger partial charge in [0.05, 0.1) is 8.07 Å². The summed E-state index contributed by atoms with van der Waals surface area (Å²) in [6, 6.07) is 12.9. The Morgan fingerprint density at radius 3 is 1.78 bits per heavy atom. The van der Waals surface area contributed by atoms with Gasteiger partial charge in [-0.2, -0.15) is 22.7 Å². The molecule has 0 unspecified atom stereocenters. The second-order valence-corrected chi connectivity index (χ2v) is 12.2. The molecule has 0 saturated carbocycles. The molecule has 0 spiro atoms. The molecule has 100 valence electrons. The Bertz CT molecular complexity index is 388. The zero-order chi connectivity index (χ0) is 13.4. The predicted octanol–water partition coefficient (Wildman–Crippen LogP) is 5.52. The van der Waals surface area contributed by atoms with E-state index in [4.69, 9.17) is 0 Å². The summed E-state index contributed by atoms with van der Waals surface area (Å²) in [4.78, 5) is 1.47. The van der Waals surface area contributed by atoms with Crippen LogP contribution in [0.1, 0.15) is 25.6 Å². The molecule has 0 amide bonds. The molecule has 0 atom stereocenters. The molecular formula is C15H24S2Si. The minimum atomic E-state index is -1.05. The lowest BCUT2D eigenvalue weighted by Gasteiger charge is -2.26. The van der Waals surface area contributed by atoms with E-state index in [1.807, 2.05) is 34.2 Å². The number of hydrogen-bond acceptors (Lipinski definition) is 2. The van der Waals surface area contributed by atoms with Crippen molar-refractivity contribution in [3.63, 3.8) is 0 Å². The van der Waals surface area contributed by atoms with Gasteiger partial charge in [0, 0.05) is 4.88 Å². The highest BCUT2D eigenvalue weighted by atomic mass is 32.1. The molecular weight excluding hydrogens is 272 g/mol. The first-order valence-electron chi connectivity index (χ1n) is 6.72. The van der Waals surface area contributed by atoms with Gasteiger partial charge in [-0.1, -0.05) is 57.1 Å². The molecule has 0 aromatic carbocycles. The maximum absolute atomic E-state index is 2.38. The van der Waals surface area contributed by atoms with Gasteiger partial charge in [-0.3, -0.25) is 0 Å². The van der Waals surface area contributed by atoms with Crippen LogP contribution >= 0.6 is 22.7 Å². The Balaban J connectivity index is 0.000000269. The zero-order valence-electron chi connectivity index (χ0n) is 11.9. The Kier molecular flexibility index (Phi) is 6.90. The lowest BCUT2D eigenvalue weighted by molar-refractivity contribution is 1.20. The summed E-state index contributed by atoms with van der Waals surface area (Å²) in [6.07, 6.45) is 0. The summed E-state index contributed by atoms with van der Waals surface area (Å²) in [5, 5.41) is 4.08. The zero-order valence-corrected chi connectivity index (χ0v) is 14.5. The fourth-order valence-electron chi connectivity index (χ4n) is 2.22. The molecule has 0 N–H and O–H groups in total. The number of aryl methyl sites for hydroxylation is 1. The highest BCUT2D eigenvalue weighted by Gasteiger charge is 2.30. The second kappa shape index (κ2) is 7.92. The molecule has 0 nitrogen and oxygen atoms in total. The maximum atomic E-state index is 2.38. The van der Waals surface area contributed by atoms with Gasteiger partial charge in [0.25, 0.3) is 0 Å². The lowest BCUT2D eigenvalue weighted by atomic mass is 10.5. The van der Waals surface area contributed by atoms with E-state index in [0.717, 1.165) is 0 Å². The quantitative estimate of drug-likeness (QED) is 0.652. The van der Waals surface area contributed by atoms with Crippen molar-refractivity contribution < 1.29 is 0 Å². The molecule has 0 aliphatic carbocycles. The van der Waals surface area contributed by atoms with Crippen molar-refractivity contribution in [3.05, 3.63) is 39.9 Å². The first-order valence-corrected chi connectivity index (χ1v) is 11.1. The highest BCUT2D eigenvalue weighted by molar-refractivity contribution is 7.27. The third kappa shape index (κ3) is 4.07. The minimum absolute atomic E-state index is 1.05. The number of thiophene rings is 2. The predicted molar refractivity (Wildman–Crippen MR) is 90.2 cm³/mol. The Morgan fingerprint density at radius 2 is 1.50 bits per heavy atom. The summed E-state index contributed by atoms with van der Waals surface area (Å²) < 4.78 is 1.72. The topological polar surface area (TPSA) is 0 Å². The van der Waals surface area contributed by atoms with E-state index in [0.29, 0.717) is 0 Å². The Morgan fingerprint density at radius 1 is 0.944 bits per heavy atom. The summed E-state index contributed by atoms with van der Waals surface area (Å²) >= 11 is 3.74. The fraction of sp³-hybridized carbons (Fsp3) is 0.467. The average Bonchev–Trinajstić information content (AvgIpc) is 3.07. The molecule has 0 aliphatic heterocycles. The van der Waals surface area contributed by atoms with Crippen molar-refractivity contribution in [3.8, 4) is 0 Å². The van der Waals surface area contributed by atoms with E-state index in [9.17, 15) is 0 Å². The molecule has 0 saturated heterocycles. The molecule has 18 heavy (non-hydrogen) atoms. The van der Waals surface area contributed by atoms with Gasteiger partial charge in [0.1, 0.15) is 0 Å². The molecule has 0 fully saturated rings. The summed E-state index contributed by atoms with van der Waals surface area (Å²) in [5.74, 6) is 0.